The van der Waals surface area contributed by atoms with Gasteiger partial charge in [-0.05, 0) is 37.1 Å². The number of anilines is 1. The predicted octanol–water partition coefficient (Wildman–Crippen LogP) is 2.19. The molecule has 136 valence electrons. The summed E-state index contributed by atoms with van der Waals surface area (Å²) in [6.07, 6.45) is 3.73. The van der Waals surface area contributed by atoms with Crippen molar-refractivity contribution in [3.8, 4) is 0 Å². The van der Waals surface area contributed by atoms with Gasteiger partial charge in [-0.2, -0.15) is 0 Å². The second kappa shape index (κ2) is 9.10. The van der Waals surface area contributed by atoms with Gasteiger partial charge in [0.1, 0.15) is 5.82 Å². The number of pyridine rings is 1. The maximum absolute atomic E-state index is 12.5. The highest BCUT2D eigenvalue weighted by Gasteiger charge is 2.30. The molecule has 0 spiro atoms. The van der Waals surface area contributed by atoms with Gasteiger partial charge in [0.25, 0.3) is 0 Å². The molecule has 2 amide bonds. The summed E-state index contributed by atoms with van der Waals surface area (Å²) in [5.74, 6) is 0.370. The van der Waals surface area contributed by atoms with Gasteiger partial charge in [0.15, 0.2) is 0 Å². The van der Waals surface area contributed by atoms with Crippen LogP contribution in [0, 0.1) is 0 Å². The van der Waals surface area contributed by atoms with Crippen molar-refractivity contribution in [1.29, 1.82) is 0 Å². The number of carbonyl (C=O) groups is 2. The smallest absolute Gasteiger partial charge is 0.237 e. The van der Waals surface area contributed by atoms with Crippen molar-refractivity contribution in [2.24, 2.45) is 0 Å². The van der Waals surface area contributed by atoms with Gasteiger partial charge in [0, 0.05) is 25.7 Å². The second-order valence-corrected chi connectivity index (χ2v) is 6.42. The number of nitrogens with one attached hydrogen (secondary N) is 2. The van der Waals surface area contributed by atoms with Crippen LogP contribution in [0.25, 0.3) is 0 Å². The number of rotatable bonds is 7. The molecule has 2 aromatic rings. The normalized spacial score (nSPS) is 17.0. The van der Waals surface area contributed by atoms with Crippen LogP contribution in [0.4, 0.5) is 5.82 Å². The number of benzene rings is 1. The Kier molecular flexibility index (Phi) is 6.33. The van der Waals surface area contributed by atoms with E-state index in [1.165, 1.54) is 5.56 Å². The molecule has 6 heteroatoms. The van der Waals surface area contributed by atoms with E-state index in [9.17, 15) is 9.59 Å². The molecule has 0 saturated carbocycles. The first kappa shape index (κ1) is 18.1. The fraction of sp³-hybridized carbons (Fsp3) is 0.350. The fourth-order valence-electron chi connectivity index (χ4n) is 3.19. The Balaban J connectivity index is 1.43. The summed E-state index contributed by atoms with van der Waals surface area (Å²) in [6, 6.07) is 15.4. The van der Waals surface area contributed by atoms with Crippen molar-refractivity contribution in [2.45, 2.75) is 31.8 Å². The van der Waals surface area contributed by atoms with Gasteiger partial charge in [0.05, 0.1) is 6.04 Å². The molecule has 1 saturated heterocycles. The van der Waals surface area contributed by atoms with Crippen molar-refractivity contribution in [3.63, 3.8) is 0 Å². The molecule has 3 rings (SSSR count). The number of likely N-dealkylation sites (tertiary alicyclic amines) is 1. The van der Waals surface area contributed by atoms with E-state index < -0.39 is 0 Å². The van der Waals surface area contributed by atoms with Gasteiger partial charge in [-0.3, -0.25) is 14.5 Å². The van der Waals surface area contributed by atoms with E-state index in [1.54, 1.807) is 18.3 Å². The van der Waals surface area contributed by atoms with Crippen LogP contribution in [0.5, 0.6) is 0 Å². The monoisotopic (exact) mass is 352 g/mol. The predicted molar refractivity (Wildman–Crippen MR) is 100 cm³/mol. The molecule has 1 aromatic heterocycles. The zero-order chi connectivity index (χ0) is 18.2. The second-order valence-electron chi connectivity index (χ2n) is 6.42. The largest absolute Gasteiger partial charge is 0.354 e. The Morgan fingerprint density at radius 3 is 2.69 bits per heavy atom. The summed E-state index contributed by atoms with van der Waals surface area (Å²) in [7, 11) is 0. The van der Waals surface area contributed by atoms with Crippen molar-refractivity contribution < 1.29 is 9.59 Å². The summed E-state index contributed by atoms with van der Waals surface area (Å²) in [4.78, 5) is 30.7. The summed E-state index contributed by atoms with van der Waals surface area (Å²) in [5, 5.41) is 5.61. The third-order valence-electron chi connectivity index (χ3n) is 4.48. The maximum atomic E-state index is 12.5. The van der Waals surface area contributed by atoms with Crippen molar-refractivity contribution in [3.05, 3.63) is 60.3 Å². The van der Waals surface area contributed by atoms with E-state index in [2.05, 4.69) is 32.7 Å². The molecule has 0 unspecified atom stereocenters. The van der Waals surface area contributed by atoms with Crippen molar-refractivity contribution >= 4 is 17.6 Å². The average Bonchev–Trinajstić information content (AvgIpc) is 3.11. The number of hydrogen-bond donors (Lipinski definition) is 2. The Bertz CT molecular complexity index is 721. The quantitative estimate of drug-likeness (QED) is 0.801. The number of aromatic nitrogens is 1. The number of hydrogen-bond acceptors (Lipinski definition) is 4. The van der Waals surface area contributed by atoms with E-state index in [4.69, 9.17) is 0 Å². The van der Waals surface area contributed by atoms with Gasteiger partial charge in [-0.15, -0.1) is 0 Å². The molecule has 2 N–H and O–H groups in total. The minimum absolute atomic E-state index is 0.00377. The molecular formula is C20H24N4O2. The van der Waals surface area contributed by atoms with E-state index in [-0.39, 0.29) is 24.3 Å². The van der Waals surface area contributed by atoms with Gasteiger partial charge < -0.3 is 10.6 Å². The molecule has 1 aromatic carbocycles. The Morgan fingerprint density at radius 2 is 1.92 bits per heavy atom. The highest BCUT2D eigenvalue weighted by atomic mass is 16.2. The summed E-state index contributed by atoms with van der Waals surface area (Å²) >= 11 is 0. The lowest BCUT2D eigenvalue weighted by atomic mass is 10.1. The summed E-state index contributed by atoms with van der Waals surface area (Å²) in [6.45, 7) is 2.03. The highest BCUT2D eigenvalue weighted by Crippen LogP contribution is 2.20. The number of nitrogens with zero attached hydrogens (tertiary/aromatic N) is 2. The fourth-order valence-corrected chi connectivity index (χ4v) is 3.19. The number of carbonyl (C=O) groups excluding carboxylic acids is 2. The molecule has 1 atom stereocenters. The molecule has 2 heterocycles. The number of amides is 2. The van der Waals surface area contributed by atoms with Gasteiger partial charge in [-0.1, -0.05) is 36.4 Å². The van der Waals surface area contributed by atoms with E-state index >= 15 is 0 Å². The highest BCUT2D eigenvalue weighted by molar-refractivity contribution is 5.90. The van der Waals surface area contributed by atoms with Crippen molar-refractivity contribution in [1.82, 2.24) is 15.2 Å². The lowest BCUT2D eigenvalue weighted by Gasteiger charge is -2.23. The van der Waals surface area contributed by atoms with Crippen LogP contribution < -0.4 is 10.6 Å². The molecule has 1 fully saturated rings. The first-order valence-corrected chi connectivity index (χ1v) is 8.99. The summed E-state index contributed by atoms with van der Waals surface area (Å²) in [5.41, 5.74) is 1.21. The van der Waals surface area contributed by atoms with Crippen LogP contribution >= 0.6 is 0 Å². The average molecular weight is 352 g/mol. The topological polar surface area (TPSA) is 74.3 Å². The molecule has 6 nitrogen and oxygen atoms in total. The first-order valence-electron chi connectivity index (χ1n) is 8.99. The van der Waals surface area contributed by atoms with Crippen LogP contribution in [0.15, 0.2) is 54.7 Å². The third-order valence-corrected chi connectivity index (χ3v) is 4.48. The van der Waals surface area contributed by atoms with E-state index in [1.807, 2.05) is 24.3 Å². The van der Waals surface area contributed by atoms with E-state index in [0.29, 0.717) is 12.4 Å². The van der Waals surface area contributed by atoms with Gasteiger partial charge >= 0.3 is 0 Å². The Labute approximate surface area is 153 Å². The lowest BCUT2D eigenvalue weighted by molar-refractivity contribution is -0.125. The van der Waals surface area contributed by atoms with Crippen molar-refractivity contribution in [2.75, 3.05) is 18.4 Å². The molecular weight excluding hydrogens is 328 g/mol. The van der Waals surface area contributed by atoms with Crippen LogP contribution in [0.2, 0.25) is 0 Å². The van der Waals surface area contributed by atoms with Crippen LogP contribution in [-0.4, -0.2) is 40.8 Å². The SMILES string of the molecule is O=C(CCNC(=O)[C@@H]1CCCN1Cc1ccccc1)Nc1ccccn1. The Morgan fingerprint density at radius 1 is 1.12 bits per heavy atom. The zero-order valence-electron chi connectivity index (χ0n) is 14.7. The van der Waals surface area contributed by atoms with Crippen LogP contribution in [0.3, 0.4) is 0 Å². The lowest BCUT2D eigenvalue weighted by Crippen LogP contribution is -2.43. The van der Waals surface area contributed by atoms with Crippen LogP contribution in [0.1, 0.15) is 24.8 Å². The first-order chi connectivity index (χ1) is 12.7. The molecule has 1 aliphatic heterocycles. The molecule has 1 aliphatic rings. The standard InChI is InChI=1S/C20H24N4O2/c25-19(23-18-10-4-5-12-21-18)11-13-22-20(26)17-9-6-14-24(17)15-16-7-2-1-3-8-16/h1-5,7-8,10,12,17H,6,9,11,13-15H2,(H,22,26)(H,21,23,25)/t17-/m0/s1. The minimum atomic E-state index is -0.156. The van der Waals surface area contributed by atoms with Gasteiger partial charge in [-0.25, -0.2) is 4.98 Å². The van der Waals surface area contributed by atoms with Crippen LogP contribution in [-0.2, 0) is 16.1 Å². The zero-order valence-corrected chi connectivity index (χ0v) is 14.7. The molecule has 26 heavy (non-hydrogen) atoms. The minimum Gasteiger partial charge on any atom is -0.354 e. The van der Waals surface area contributed by atoms with Gasteiger partial charge in [0.2, 0.25) is 11.8 Å². The molecule has 0 radical (unpaired) electrons. The van der Waals surface area contributed by atoms with E-state index in [0.717, 1.165) is 25.9 Å². The summed E-state index contributed by atoms with van der Waals surface area (Å²) < 4.78 is 0. The Hall–Kier alpha value is -2.73. The molecule has 0 aliphatic carbocycles. The molecule has 0 bridgehead atoms. The maximum Gasteiger partial charge on any atom is 0.237 e. The third kappa shape index (κ3) is 5.13.